The van der Waals surface area contributed by atoms with E-state index in [9.17, 15) is 13.2 Å². The zero-order valence-corrected chi connectivity index (χ0v) is 18.1. The van der Waals surface area contributed by atoms with Gasteiger partial charge in [0.25, 0.3) is 5.89 Å². The van der Waals surface area contributed by atoms with E-state index in [4.69, 9.17) is 9.26 Å². The van der Waals surface area contributed by atoms with Crippen LogP contribution in [0.25, 0.3) is 11.4 Å². The van der Waals surface area contributed by atoms with Crippen molar-refractivity contribution in [2.45, 2.75) is 33.6 Å². The summed E-state index contributed by atoms with van der Waals surface area (Å²) in [5.74, 6) is 0.786. The molecule has 7 nitrogen and oxygen atoms in total. The largest absolute Gasteiger partial charge is 0.467 e. The fraction of sp³-hybridized carbons (Fsp3) is 0.217. The van der Waals surface area contributed by atoms with Crippen molar-refractivity contribution < 1.29 is 22.4 Å². The second kappa shape index (κ2) is 8.89. The summed E-state index contributed by atoms with van der Waals surface area (Å²) in [6.45, 7) is 5.75. The van der Waals surface area contributed by atoms with Crippen molar-refractivity contribution in [1.82, 2.24) is 20.1 Å². The van der Waals surface area contributed by atoms with E-state index in [2.05, 4.69) is 25.4 Å². The molecule has 170 valence electrons. The first-order valence-corrected chi connectivity index (χ1v) is 10.0. The number of ether oxygens (including phenoxy) is 1. The molecule has 0 bridgehead atoms. The topological polar surface area (TPSA) is 86.0 Å². The molecule has 0 amide bonds. The van der Waals surface area contributed by atoms with Gasteiger partial charge in [0.05, 0.1) is 5.56 Å². The van der Waals surface area contributed by atoms with Crippen LogP contribution >= 0.6 is 0 Å². The van der Waals surface area contributed by atoms with E-state index in [0.717, 1.165) is 23.4 Å². The minimum absolute atomic E-state index is 0.0377. The van der Waals surface area contributed by atoms with Crippen LogP contribution in [0, 0.1) is 20.8 Å². The molecule has 10 heteroatoms. The number of benzene rings is 2. The van der Waals surface area contributed by atoms with Crippen LogP contribution < -0.4 is 10.1 Å². The molecule has 1 N–H and O–H groups in total. The fourth-order valence-electron chi connectivity index (χ4n) is 3.02. The molecular formula is C23H20F3N5O2. The number of halogens is 3. The zero-order chi connectivity index (χ0) is 23.6. The van der Waals surface area contributed by atoms with Gasteiger partial charge in [-0.05, 0) is 56.2 Å². The zero-order valence-electron chi connectivity index (χ0n) is 18.1. The quantitative estimate of drug-likeness (QED) is 0.394. The van der Waals surface area contributed by atoms with Gasteiger partial charge in [-0.3, -0.25) is 0 Å². The number of hydrogen-bond donors (Lipinski definition) is 1. The van der Waals surface area contributed by atoms with Crippen molar-refractivity contribution in [3.8, 4) is 17.3 Å². The molecule has 0 aliphatic rings. The Morgan fingerprint density at radius 1 is 0.939 bits per heavy atom. The third-order valence-corrected chi connectivity index (χ3v) is 4.85. The molecule has 0 fully saturated rings. The Morgan fingerprint density at radius 2 is 1.76 bits per heavy atom. The average molecular weight is 455 g/mol. The number of hydrogen-bond acceptors (Lipinski definition) is 7. The molecule has 0 aliphatic heterocycles. The maximum absolute atomic E-state index is 12.9. The first-order valence-electron chi connectivity index (χ1n) is 10.0. The minimum atomic E-state index is -4.46. The van der Waals surface area contributed by atoms with Crippen LogP contribution in [0.5, 0.6) is 5.88 Å². The number of anilines is 2. The predicted molar refractivity (Wildman–Crippen MR) is 115 cm³/mol. The fourth-order valence-corrected chi connectivity index (χ4v) is 3.02. The maximum atomic E-state index is 12.9. The summed E-state index contributed by atoms with van der Waals surface area (Å²) in [5, 5.41) is 6.90. The molecule has 2 aromatic heterocycles. The molecule has 0 atom stereocenters. The van der Waals surface area contributed by atoms with E-state index >= 15 is 0 Å². The minimum Gasteiger partial charge on any atom is -0.467 e. The highest BCUT2D eigenvalue weighted by atomic mass is 19.4. The summed E-state index contributed by atoms with van der Waals surface area (Å²) in [5.41, 5.74) is 3.25. The van der Waals surface area contributed by atoms with Gasteiger partial charge in [0.1, 0.15) is 0 Å². The molecule has 4 aromatic rings. The van der Waals surface area contributed by atoms with Crippen LogP contribution in [0.4, 0.5) is 24.8 Å². The van der Waals surface area contributed by atoms with E-state index < -0.39 is 11.7 Å². The summed E-state index contributed by atoms with van der Waals surface area (Å²) in [6.07, 6.45) is -4.46. The highest BCUT2D eigenvalue weighted by Gasteiger charge is 2.30. The molecule has 0 unspecified atom stereocenters. The van der Waals surface area contributed by atoms with E-state index in [0.29, 0.717) is 11.6 Å². The van der Waals surface area contributed by atoms with E-state index in [1.54, 1.807) is 13.0 Å². The molecule has 33 heavy (non-hydrogen) atoms. The van der Waals surface area contributed by atoms with Crippen LogP contribution in [0.1, 0.15) is 28.3 Å². The second-order valence-corrected chi connectivity index (χ2v) is 7.47. The molecule has 0 aliphatic carbocycles. The number of rotatable bonds is 6. The number of aromatic nitrogens is 4. The molecule has 0 spiro atoms. The van der Waals surface area contributed by atoms with Crippen molar-refractivity contribution in [2.75, 3.05) is 5.32 Å². The van der Waals surface area contributed by atoms with Crippen LogP contribution in [0.2, 0.25) is 0 Å². The number of nitrogens with zero attached hydrogens (tertiary/aromatic N) is 4. The molecule has 2 heterocycles. The van der Waals surface area contributed by atoms with Crippen molar-refractivity contribution >= 4 is 11.6 Å². The molecule has 4 rings (SSSR count). The van der Waals surface area contributed by atoms with Gasteiger partial charge >= 0.3 is 6.18 Å². The third-order valence-electron chi connectivity index (χ3n) is 4.85. The van der Waals surface area contributed by atoms with Gasteiger partial charge in [-0.1, -0.05) is 23.4 Å². The monoisotopic (exact) mass is 455 g/mol. The van der Waals surface area contributed by atoms with Gasteiger partial charge in [-0.2, -0.15) is 23.1 Å². The summed E-state index contributed by atoms with van der Waals surface area (Å²) in [4.78, 5) is 12.8. The molecular weight excluding hydrogens is 435 g/mol. The van der Waals surface area contributed by atoms with Crippen LogP contribution in [-0.2, 0) is 12.8 Å². The first-order chi connectivity index (χ1) is 15.7. The number of alkyl halides is 3. The lowest BCUT2D eigenvalue weighted by Gasteiger charge is -2.10. The summed E-state index contributed by atoms with van der Waals surface area (Å²) < 4.78 is 49.6. The molecule has 2 aromatic carbocycles. The van der Waals surface area contributed by atoms with E-state index in [-0.39, 0.29) is 29.8 Å². The smallest absolute Gasteiger partial charge is 0.416 e. The van der Waals surface area contributed by atoms with E-state index in [1.165, 1.54) is 17.7 Å². The van der Waals surface area contributed by atoms with Crippen molar-refractivity contribution in [1.29, 1.82) is 0 Å². The Hall–Kier alpha value is -3.95. The van der Waals surface area contributed by atoms with Gasteiger partial charge < -0.3 is 14.6 Å². The number of aryl methyl sites for hydroxylation is 3. The van der Waals surface area contributed by atoms with Crippen LogP contribution in [0.3, 0.4) is 0 Å². The maximum Gasteiger partial charge on any atom is 0.416 e. The average Bonchev–Trinajstić information content (AvgIpc) is 3.23. The number of nitrogens with one attached hydrogen (secondary N) is 1. The lowest BCUT2D eigenvalue weighted by molar-refractivity contribution is -0.137. The molecule has 0 radical (unpaired) electrons. The summed E-state index contributed by atoms with van der Waals surface area (Å²) in [7, 11) is 0. The van der Waals surface area contributed by atoms with Gasteiger partial charge in [0, 0.05) is 23.0 Å². The lowest BCUT2D eigenvalue weighted by atomic mass is 10.1. The van der Waals surface area contributed by atoms with Gasteiger partial charge in [0.2, 0.25) is 17.7 Å². The second-order valence-electron chi connectivity index (χ2n) is 7.47. The Morgan fingerprint density at radius 3 is 2.52 bits per heavy atom. The van der Waals surface area contributed by atoms with Gasteiger partial charge in [-0.25, -0.2) is 4.98 Å². The highest BCUT2D eigenvalue weighted by molar-refractivity contribution is 5.56. The summed E-state index contributed by atoms with van der Waals surface area (Å²) in [6, 6.07) is 12.3. The van der Waals surface area contributed by atoms with E-state index in [1.807, 2.05) is 32.0 Å². The standard InChI is InChI=1S/C23H20F3N5O2/c1-13-7-8-18(9-14(13)2)28-22-27-15(3)10-19(30-22)32-12-20-29-21(31-33-20)16-5-4-6-17(11-16)23(24,25)26/h4-11H,12H2,1-3H3,(H,27,28,30). The van der Waals surface area contributed by atoms with Crippen molar-refractivity contribution in [2.24, 2.45) is 0 Å². The molecule has 0 saturated heterocycles. The van der Waals surface area contributed by atoms with Crippen molar-refractivity contribution in [3.05, 3.63) is 76.8 Å². The van der Waals surface area contributed by atoms with Crippen LogP contribution in [-0.4, -0.2) is 20.1 Å². The van der Waals surface area contributed by atoms with Crippen LogP contribution in [0.15, 0.2) is 53.1 Å². The van der Waals surface area contributed by atoms with Gasteiger partial charge in [0.15, 0.2) is 6.61 Å². The Kier molecular flexibility index (Phi) is 5.99. The Labute approximate surface area is 187 Å². The Balaban J connectivity index is 1.46. The predicted octanol–water partition coefficient (Wildman–Crippen LogP) is 5.79. The normalized spacial score (nSPS) is 11.5. The molecule has 0 saturated carbocycles. The lowest BCUT2D eigenvalue weighted by Crippen LogP contribution is -2.04. The Bertz CT molecular complexity index is 1290. The highest BCUT2D eigenvalue weighted by Crippen LogP contribution is 2.31. The summed E-state index contributed by atoms with van der Waals surface area (Å²) >= 11 is 0. The first kappa shape index (κ1) is 22.3. The van der Waals surface area contributed by atoms with Gasteiger partial charge in [-0.15, -0.1) is 0 Å². The van der Waals surface area contributed by atoms with Crippen molar-refractivity contribution in [3.63, 3.8) is 0 Å². The third kappa shape index (κ3) is 5.46. The SMILES string of the molecule is Cc1cc(OCc2nc(-c3cccc(C(F)(F)F)c3)no2)nc(Nc2ccc(C)c(C)c2)n1.